The van der Waals surface area contributed by atoms with Crippen molar-refractivity contribution in [2.45, 2.75) is 57.5 Å². The summed E-state index contributed by atoms with van der Waals surface area (Å²) in [6, 6.07) is 0.172. The molecule has 15 heavy (non-hydrogen) atoms. The molecule has 86 valence electrons. The number of hydrogen-bond acceptors (Lipinski definition) is 2. The summed E-state index contributed by atoms with van der Waals surface area (Å²) < 4.78 is 0. The van der Waals surface area contributed by atoms with Gasteiger partial charge in [-0.3, -0.25) is 4.79 Å². The van der Waals surface area contributed by atoms with Crippen LogP contribution in [-0.4, -0.2) is 28.9 Å². The van der Waals surface area contributed by atoms with Crippen LogP contribution in [0.1, 0.15) is 46.0 Å². The SMILES string of the molecule is CC1(C)CC(N)CN1C(=O)C1CCCC1. The predicted octanol–water partition coefficient (Wildman–Crippen LogP) is 1.51. The first kappa shape index (κ1) is 10.9. The van der Waals surface area contributed by atoms with Crippen LogP contribution >= 0.6 is 0 Å². The summed E-state index contributed by atoms with van der Waals surface area (Å²) in [7, 11) is 0. The van der Waals surface area contributed by atoms with E-state index in [2.05, 4.69) is 13.8 Å². The number of nitrogens with two attached hydrogens (primary N) is 1. The Hall–Kier alpha value is -0.570. The third kappa shape index (κ3) is 2.03. The minimum Gasteiger partial charge on any atom is -0.336 e. The Morgan fingerprint density at radius 1 is 1.33 bits per heavy atom. The van der Waals surface area contributed by atoms with Crippen molar-refractivity contribution >= 4 is 5.91 Å². The quantitative estimate of drug-likeness (QED) is 0.713. The molecule has 2 fully saturated rings. The van der Waals surface area contributed by atoms with E-state index in [9.17, 15) is 4.79 Å². The summed E-state index contributed by atoms with van der Waals surface area (Å²) in [4.78, 5) is 14.3. The lowest BCUT2D eigenvalue weighted by molar-refractivity contribution is -0.138. The standard InChI is InChI=1S/C12H22N2O/c1-12(2)7-10(13)8-14(12)11(15)9-5-3-4-6-9/h9-10H,3-8,13H2,1-2H3. The molecule has 1 saturated heterocycles. The lowest BCUT2D eigenvalue weighted by atomic mass is 9.98. The van der Waals surface area contributed by atoms with E-state index in [1.165, 1.54) is 12.8 Å². The van der Waals surface area contributed by atoms with Gasteiger partial charge in [0.05, 0.1) is 0 Å². The first-order valence-corrected chi connectivity index (χ1v) is 6.08. The highest BCUT2D eigenvalue weighted by Crippen LogP contribution is 2.33. The Kier molecular flexibility index (Phi) is 2.75. The maximum Gasteiger partial charge on any atom is 0.226 e. The van der Waals surface area contributed by atoms with Gasteiger partial charge in [-0.05, 0) is 33.1 Å². The van der Waals surface area contributed by atoms with Gasteiger partial charge in [0.15, 0.2) is 0 Å². The van der Waals surface area contributed by atoms with Gasteiger partial charge in [-0.1, -0.05) is 12.8 Å². The first-order valence-electron chi connectivity index (χ1n) is 6.08. The molecule has 0 bridgehead atoms. The molecule has 1 saturated carbocycles. The molecule has 1 atom stereocenters. The summed E-state index contributed by atoms with van der Waals surface area (Å²) in [6.07, 6.45) is 5.54. The van der Waals surface area contributed by atoms with E-state index < -0.39 is 0 Å². The Balaban J connectivity index is 2.06. The average Bonchev–Trinajstić information content (AvgIpc) is 2.71. The fraction of sp³-hybridized carbons (Fsp3) is 0.917. The van der Waals surface area contributed by atoms with E-state index in [-0.39, 0.29) is 17.5 Å². The van der Waals surface area contributed by atoms with Crippen LogP contribution in [0.2, 0.25) is 0 Å². The molecular weight excluding hydrogens is 188 g/mol. The maximum atomic E-state index is 12.3. The van der Waals surface area contributed by atoms with Crippen molar-refractivity contribution in [1.29, 1.82) is 0 Å². The van der Waals surface area contributed by atoms with Crippen LogP contribution in [0.15, 0.2) is 0 Å². The molecule has 0 spiro atoms. The lowest BCUT2D eigenvalue weighted by Crippen LogP contribution is -2.45. The number of hydrogen-bond donors (Lipinski definition) is 1. The zero-order valence-electron chi connectivity index (χ0n) is 9.83. The lowest BCUT2D eigenvalue weighted by Gasteiger charge is -2.33. The number of carbonyl (C=O) groups is 1. The molecule has 2 N–H and O–H groups in total. The molecule has 1 heterocycles. The second-order valence-electron chi connectivity index (χ2n) is 5.71. The fourth-order valence-corrected chi connectivity index (χ4v) is 3.08. The molecule has 0 aromatic heterocycles. The van der Waals surface area contributed by atoms with Crippen molar-refractivity contribution in [1.82, 2.24) is 4.90 Å². The summed E-state index contributed by atoms with van der Waals surface area (Å²) in [5, 5.41) is 0. The van der Waals surface area contributed by atoms with Gasteiger partial charge in [-0.15, -0.1) is 0 Å². The van der Waals surface area contributed by atoms with E-state index in [0.29, 0.717) is 5.91 Å². The van der Waals surface area contributed by atoms with Crippen LogP contribution < -0.4 is 5.73 Å². The fourth-order valence-electron chi connectivity index (χ4n) is 3.08. The highest BCUT2D eigenvalue weighted by Gasteiger charge is 2.42. The molecule has 2 rings (SSSR count). The summed E-state index contributed by atoms with van der Waals surface area (Å²) in [5.74, 6) is 0.639. The van der Waals surface area contributed by atoms with Gasteiger partial charge >= 0.3 is 0 Å². The molecule has 3 heteroatoms. The Labute approximate surface area is 92.0 Å². The van der Waals surface area contributed by atoms with Gasteiger partial charge in [0, 0.05) is 24.0 Å². The van der Waals surface area contributed by atoms with Crippen molar-refractivity contribution in [3.05, 3.63) is 0 Å². The van der Waals surface area contributed by atoms with Crippen LogP contribution in [0.4, 0.5) is 0 Å². The average molecular weight is 210 g/mol. The molecule has 1 aliphatic carbocycles. The molecular formula is C12H22N2O. The normalized spacial score (nSPS) is 31.1. The topological polar surface area (TPSA) is 46.3 Å². The van der Waals surface area contributed by atoms with E-state index in [4.69, 9.17) is 5.73 Å². The summed E-state index contributed by atoms with van der Waals surface area (Å²) >= 11 is 0. The van der Waals surface area contributed by atoms with Crippen molar-refractivity contribution in [3.8, 4) is 0 Å². The van der Waals surface area contributed by atoms with Crippen LogP contribution in [0, 0.1) is 5.92 Å². The molecule has 1 amide bonds. The monoisotopic (exact) mass is 210 g/mol. The number of amides is 1. The first-order chi connectivity index (χ1) is 7.00. The smallest absolute Gasteiger partial charge is 0.226 e. The minimum atomic E-state index is -0.0287. The Morgan fingerprint density at radius 3 is 2.40 bits per heavy atom. The van der Waals surface area contributed by atoms with Gasteiger partial charge in [0.2, 0.25) is 5.91 Å². The second-order valence-corrected chi connectivity index (χ2v) is 5.71. The number of nitrogens with zero attached hydrogens (tertiary/aromatic N) is 1. The van der Waals surface area contributed by atoms with Crippen LogP contribution in [0.3, 0.4) is 0 Å². The second kappa shape index (κ2) is 3.78. The van der Waals surface area contributed by atoms with E-state index in [1.807, 2.05) is 4.90 Å². The minimum absolute atomic E-state index is 0.0287. The van der Waals surface area contributed by atoms with Gasteiger partial charge in [-0.25, -0.2) is 0 Å². The van der Waals surface area contributed by atoms with Crippen LogP contribution in [0.5, 0.6) is 0 Å². The highest BCUT2D eigenvalue weighted by molar-refractivity contribution is 5.80. The van der Waals surface area contributed by atoms with E-state index in [1.54, 1.807) is 0 Å². The number of carbonyl (C=O) groups excluding carboxylic acids is 1. The van der Waals surface area contributed by atoms with Gasteiger partial charge < -0.3 is 10.6 Å². The van der Waals surface area contributed by atoms with Crippen molar-refractivity contribution < 1.29 is 4.79 Å². The Morgan fingerprint density at radius 2 is 1.93 bits per heavy atom. The predicted molar refractivity (Wildman–Crippen MR) is 60.3 cm³/mol. The molecule has 1 aliphatic heterocycles. The van der Waals surface area contributed by atoms with Crippen molar-refractivity contribution in [2.75, 3.05) is 6.54 Å². The molecule has 0 radical (unpaired) electrons. The van der Waals surface area contributed by atoms with Gasteiger partial charge in [-0.2, -0.15) is 0 Å². The maximum absolute atomic E-state index is 12.3. The third-order valence-electron chi connectivity index (χ3n) is 3.88. The van der Waals surface area contributed by atoms with E-state index in [0.717, 1.165) is 25.8 Å². The number of likely N-dealkylation sites (tertiary alicyclic amines) is 1. The van der Waals surface area contributed by atoms with E-state index >= 15 is 0 Å². The third-order valence-corrected chi connectivity index (χ3v) is 3.88. The molecule has 3 nitrogen and oxygen atoms in total. The van der Waals surface area contributed by atoms with Crippen molar-refractivity contribution in [3.63, 3.8) is 0 Å². The Bertz CT molecular complexity index is 256. The molecule has 1 unspecified atom stereocenters. The molecule has 0 aromatic carbocycles. The van der Waals surface area contributed by atoms with Crippen LogP contribution in [0.25, 0.3) is 0 Å². The molecule has 2 aliphatic rings. The zero-order valence-corrected chi connectivity index (χ0v) is 9.83. The van der Waals surface area contributed by atoms with Gasteiger partial charge in [0.25, 0.3) is 0 Å². The largest absolute Gasteiger partial charge is 0.336 e. The van der Waals surface area contributed by atoms with Crippen molar-refractivity contribution in [2.24, 2.45) is 11.7 Å². The zero-order chi connectivity index (χ0) is 11.1. The molecule has 0 aromatic rings. The summed E-state index contributed by atoms with van der Waals surface area (Å²) in [5.41, 5.74) is 5.91. The number of rotatable bonds is 1. The highest BCUT2D eigenvalue weighted by atomic mass is 16.2. The summed E-state index contributed by atoms with van der Waals surface area (Å²) in [6.45, 7) is 5.02. The van der Waals surface area contributed by atoms with Crippen LogP contribution in [-0.2, 0) is 4.79 Å². The van der Waals surface area contributed by atoms with Gasteiger partial charge in [0.1, 0.15) is 0 Å².